The number of thiazole rings is 1. The molecule has 0 aliphatic carbocycles. The topological polar surface area (TPSA) is 59.5 Å². The van der Waals surface area contributed by atoms with E-state index in [1.54, 1.807) is 35.6 Å². The molecule has 0 unspecified atom stereocenters. The number of nitrogens with zero attached hydrogens (tertiary/aromatic N) is 2. The molecule has 29 heavy (non-hydrogen) atoms. The van der Waals surface area contributed by atoms with Crippen LogP contribution in [0.2, 0.25) is 5.02 Å². The van der Waals surface area contributed by atoms with Crippen LogP contribution in [0.1, 0.15) is 41.0 Å². The summed E-state index contributed by atoms with van der Waals surface area (Å²) in [6, 6.07) is 12.7. The normalized spacial score (nSPS) is 14.9. The predicted octanol–water partition coefficient (Wildman–Crippen LogP) is 4.94. The number of carbonyl (C=O) groups excluding carboxylic acids is 2. The quantitative estimate of drug-likeness (QED) is 0.540. The van der Waals surface area contributed by atoms with E-state index in [0.717, 1.165) is 28.1 Å². The van der Waals surface area contributed by atoms with Crippen molar-refractivity contribution in [1.29, 1.82) is 0 Å². The van der Waals surface area contributed by atoms with E-state index in [9.17, 15) is 9.59 Å². The van der Waals surface area contributed by atoms with Crippen LogP contribution in [0.3, 0.4) is 0 Å². The lowest BCUT2D eigenvalue weighted by atomic mass is 9.97. The van der Waals surface area contributed by atoms with Crippen LogP contribution in [0.4, 0.5) is 0 Å². The van der Waals surface area contributed by atoms with Crippen molar-refractivity contribution in [2.45, 2.75) is 25.7 Å². The number of rotatable bonds is 5. The Balaban J connectivity index is 1.30. The molecule has 7 heteroatoms. The first-order valence-electron chi connectivity index (χ1n) is 9.57. The fraction of sp³-hybridized carbons (Fsp3) is 0.318. The Morgan fingerprint density at radius 1 is 1.17 bits per heavy atom. The Kier molecular flexibility index (Phi) is 5.83. The van der Waals surface area contributed by atoms with Gasteiger partial charge in [0, 0.05) is 29.6 Å². The lowest BCUT2D eigenvalue weighted by Gasteiger charge is -2.31. The zero-order valence-corrected chi connectivity index (χ0v) is 17.6. The number of amides is 1. The molecule has 0 spiro atoms. The number of likely N-dealkylation sites (tertiary alicyclic amines) is 1. The summed E-state index contributed by atoms with van der Waals surface area (Å²) in [4.78, 5) is 30.4. The first-order valence-corrected chi connectivity index (χ1v) is 10.8. The largest absolute Gasteiger partial charge is 0.484 e. The number of Topliss-reactive ketones (excluding diaryl/α,β-unsaturated/α-hetero) is 1. The van der Waals surface area contributed by atoms with Crippen molar-refractivity contribution in [3.05, 3.63) is 58.1 Å². The molecule has 0 radical (unpaired) electrons. The maximum atomic E-state index is 12.5. The molecule has 1 saturated heterocycles. The van der Waals surface area contributed by atoms with Crippen molar-refractivity contribution in [2.24, 2.45) is 0 Å². The van der Waals surface area contributed by atoms with E-state index in [-0.39, 0.29) is 18.3 Å². The summed E-state index contributed by atoms with van der Waals surface area (Å²) in [5.74, 6) is 0.948. The van der Waals surface area contributed by atoms with Gasteiger partial charge in [-0.2, -0.15) is 0 Å². The molecule has 4 rings (SSSR count). The molecular formula is C22H21ClN2O3S. The van der Waals surface area contributed by atoms with Crippen molar-refractivity contribution < 1.29 is 14.3 Å². The fourth-order valence-corrected chi connectivity index (χ4v) is 4.77. The number of benzene rings is 2. The van der Waals surface area contributed by atoms with E-state index >= 15 is 0 Å². The van der Waals surface area contributed by atoms with Gasteiger partial charge in [-0.15, -0.1) is 11.3 Å². The maximum absolute atomic E-state index is 12.5. The summed E-state index contributed by atoms with van der Waals surface area (Å²) < 4.78 is 6.74. The number of fused-ring (bicyclic) bond motifs is 1. The Labute approximate surface area is 178 Å². The van der Waals surface area contributed by atoms with Gasteiger partial charge < -0.3 is 9.64 Å². The lowest BCUT2D eigenvalue weighted by Crippen LogP contribution is -2.40. The second-order valence-corrected chi connectivity index (χ2v) is 8.69. The van der Waals surface area contributed by atoms with Crippen molar-refractivity contribution in [2.75, 3.05) is 19.7 Å². The number of ether oxygens (including phenoxy) is 1. The number of ketones is 1. The molecule has 5 nitrogen and oxygen atoms in total. The molecule has 150 valence electrons. The first kappa shape index (κ1) is 19.9. The summed E-state index contributed by atoms with van der Waals surface area (Å²) in [5.41, 5.74) is 1.57. The van der Waals surface area contributed by atoms with Gasteiger partial charge in [-0.3, -0.25) is 9.59 Å². The van der Waals surface area contributed by atoms with E-state index in [1.165, 1.54) is 6.92 Å². The van der Waals surface area contributed by atoms with E-state index in [2.05, 4.69) is 0 Å². The third-order valence-corrected chi connectivity index (χ3v) is 6.62. The number of carbonyl (C=O) groups is 2. The minimum atomic E-state index is -0.0184. The SMILES string of the molecule is CC(=O)c1ccc(OCC(=O)N2CCC(c3nc4cc(Cl)ccc4s3)CC2)cc1. The molecule has 0 saturated carbocycles. The van der Waals surface area contributed by atoms with Gasteiger partial charge in [0.15, 0.2) is 12.4 Å². The molecule has 1 aliphatic rings. The van der Waals surface area contributed by atoms with Gasteiger partial charge in [-0.05, 0) is 62.2 Å². The zero-order chi connectivity index (χ0) is 20.4. The first-order chi connectivity index (χ1) is 14.0. The summed E-state index contributed by atoms with van der Waals surface area (Å²) in [7, 11) is 0. The van der Waals surface area contributed by atoms with Crippen LogP contribution in [-0.4, -0.2) is 41.3 Å². The second-order valence-electron chi connectivity index (χ2n) is 7.19. The lowest BCUT2D eigenvalue weighted by molar-refractivity contribution is -0.134. The van der Waals surface area contributed by atoms with E-state index in [0.29, 0.717) is 35.3 Å². The zero-order valence-electron chi connectivity index (χ0n) is 16.1. The van der Waals surface area contributed by atoms with Crippen molar-refractivity contribution in [3.8, 4) is 5.75 Å². The molecule has 1 aromatic heterocycles. The van der Waals surface area contributed by atoms with Crippen molar-refractivity contribution >= 4 is 44.8 Å². The molecule has 1 fully saturated rings. The Bertz CT molecular complexity index is 1040. The molecular weight excluding hydrogens is 408 g/mol. The minimum Gasteiger partial charge on any atom is -0.484 e. The van der Waals surface area contributed by atoms with Crippen LogP contribution >= 0.6 is 22.9 Å². The Morgan fingerprint density at radius 2 is 1.90 bits per heavy atom. The van der Waals surface area contributed by atoms with Gasteiger partial charge >= 0.3 is 0 Å². The van der Waals surface area contributed by atoms with E-state index in [1.807, 2.05) is 23.1 Å². The van der Waals surface area contributed by atoms with E-state index in [4.69, 9.17) is 21.3 Å². The van der Waals surface area contributed by atoms with E-state index < -0.39 is 0 Å². The number of piperidine rings is 1. The Morgan fingerprint density at radius 3 is 2.59 bits per heavy atom. The molecule has 1 aliphatic heterocycles. The van der Waals surface area contributed by atoms with Gasteiger partial charge in [-0.1, -0.05) is 11.6 Å². The molecule has 0 bridgehead atoms. The highest BCUT2D eigenvalue weighted by molar-refractivity contribution is 7.18. The second kappa shape index (κ2) is 8.51. The van der Waals surface area contributed by atoms with Gasteiger partial charge in [0.2, 0.25) is 0 Å². The van der Waals surface area contributed by atoms with Gasteiger partial charge in [0.1, 0.15) is 5.75 Å². The van der Waals surface area contributed by atoms with Gasteiger partial charge in [0.25, 0.3) is 5.91 Å². The average Bonchev–Trinajstić information content (AvgIpc) is 3.15. The smallest absolute Gasteiger partial charge is 0.260 e. The standard InChI is InChI=1S/C22H21ClN2O3S/c1-14(26)15-2-5-18(6-3-15)28-13-21(27)25-10-8-16(9-11-25)22-24-19-12-17(23)4-7-20(19)29-22/h2-7,12,16H,8-11,13H2,1H3. The Hall–Kier alpha value is -2.44. The number of hydrogen-bond donors (Lipinski definition) is 0. The van der Waals surface area contributed by atoms with Crippen LogP contribution in [0, 0.1) is 0 Å². The molecule has 0 atom stereocenters. The predicted molar refractivity (Wildman–Crippen MR) is 115 cm³/mol. The molecule has 2 heterocycles. The summed E-state index contributed by atoms with van der Waals surface area (Å²) >= 11 is 7.77. The summed E-state index contributed by atoms with van der Waals surface area (Å²) in [5, 5.41) is 1.82. The highest BCUT2D eigenvalue weighted by Crippen LogP contribution is 2.34. The molecule has 3 aromatic rings. The summed E-state index contributed by atoms with van der Waals surface area (Å²) in [6.07, 6.45) is 1.79. The monoisotopic (exact) mass is 428 g/mol. The van der Waals surface area contributed by atoms with Crippen molar-refractivity contribution in [1.82, 2.24) is 9.88 Å². The van der Waals surface area contributed by atoms with Crippen LogP contribution in [0.25, 0.3) is 10.2 Å². The third-order valence-electron chi connectivity index (χ3n) is 5.19. The number of aromatic nitrogens is 1. The molecule has 1 amide bonds. The molecule has 2 aromatic carbocycles. The number of hydrogen-bond acceptors (Lipinski definition) is 5. The van der Waals surface area contributed by atoms with Crippen LogP contribution < -0.4 is 4.74 Å². The maximum Gasteiger partial charge on any atom is 0.260 e. The van der Waals surface area contributed by atoms with Crippen molar-refractivity contribution in [3.63, 3.8) is 0 Å². The van der Waals surface area contributed by atoms with Gasteiger partial charge in [-0.25, -0.2) is 4.98 Å². The van der Waals surface area contributed by atoms with Gasteiger partial charge in [0.05, 0.1) is 15.2 Å². The van der Waals surface area contributed by atoms with Crippen LogP contribution in [0.5, 0.6) is 5.75 Å². The summed E-state index contributed by atoms with van der Waals surface area (Å²) in [6.45, 7) is 2.93. The minimum absolute atomic E-state index is 0.00369. The van der Waals surface area contributed by atoms with Crippen LogP contribution in [0.15, 0.2) is 42.5 Å². The average molecular weight is 429 g/mol. The molecule has 0 N–H and O–H groups in total. The highest BCUT2D eigenvalue weighted by Gasteiger charge is 2.26. The highest BCUT2D eigenvalue weighted by atomic mass is 35.5. The number of halogens is 1. The van der Waals surface area contributed by atoms with Crippen LogP contribution in [-0.2, 0) is 4.79 Å². The third kappa shape index (κ3) is 4.60. The fourth-order valence-electron chi connectivity index (χ4n) is 3.49.